The zero-order valence-corrected chi connectivity index (χ0v) is 14.7. The number of anilines is 1. The van der Waals surface area contributed by atoms with E-state index in [0.29, 0.717) is 12.0 Å². The molecule has 0 spiro atoms. The summed E-state index contributed by atoms with van der Waals surface area (Å²) in [5, 5.41) is 3.04. The second-order valence-corrected chi connectivity index (χ2v) is 7.84. The van der Waals surface area contributed by atoms with Crippen LogP contribution in [-0.2, 0) is 9.59 Å². The van der Waals surface area contributed by atoms with Gasteiger partial charge in [0, 0.05) is 22.2 Å². The molecular weight excluding hydrogens is 310 g/mol. The summed E-state index contributed by atoms with van der Waals surface area (Å²) in [6.07, 6.45) is 0.505. The highest BCUT2D eigenvalue weighted by Gasteiger charge is 2.53. The molecular formula is C22H21NO2. The maximum absolute atomic E-state index is 13.4. The van der Waals surface area contributed by atoms with Gasteiger partial charge in [-0.15, -0.1) is 0 Å². The highest BCUT2D eigenvalue weighted by molar-refractivity contribution is 6.35. The minimum absolute atomic E-state index is 0.0322. The normalized spacial score (nSPS) is 24.4. The Morgan fingerprint density at radius 3 is 2.24 bits per heavy atom. The summed E-state index contributed by atoms with van der Waals surface area (Å²) in [4.78, 5) is 26.4. The van der Waals surface area contributed by atoms with Gasteiger partial charge in [0.2, 0.25) is 5.91 Å². The van der Waals surface area contributed by atoms with E-state index in [1.165, 1.54) is 0 Å². The average Bonchev–Trinajstić information content (AvgIpc) is 2.58. The molecule has 3 heteroatoms. The van der Waals surface area contributed by atoms with Gasteiger partial charge in [-0.2, -0.15) is 0 Å². The van der Waals surface area contributed by atoms with Gasteiger partial charge in [0.25, 0.3) is 0 Å². The average molecular weight is 331 g/mol. The summed E-state index contributed by atoms with van der Waals surface area (Å²) in [6, 6.07) is 17.5. The van der Waals surface area contributed by atoms with Crippen LogP contribution in [0, 0.1) is 10.8 Å². The summed E-state index contributed by atoms with van der Waals surface area (Å²) >= 11 is 0. The molecule has 0 saturated heterocycles. The van der Waals surface area contributed by atoms with Crippen molar-refractivity contribution in [3.05, 3.63) is 65.7 Å². The lowest BCUT2D eigenvalue weighted by atomic mass is 9.57. The van der Waals surface area contributed by atoms with Crippen molar-refractivity contribution in [1.29, 1.82) is 0 Å². The van der Waals surface area contributed by atoms with Gasteiger partial charge in [0.1, 0.15) is 0 Å². The number of carbonyl (C=O) groups excluding carboxylic acids is 2. The number of carbonyl (C=O) groups is 2. The molecule has 0 bridgehead atoms. The molecule has 1 amide bonds. The van der Waals surface area contributed by atoms with Gasteiger partial charge in [-0.05, 0) is 30.5 Å². The van der Waals surface area contributed by atoms with Crippen LogP contribution < -0.4 is 5.32 Å². The molecule has 0 fully saturated rings. The number of ketones is 1. The molecule has 2 aromatic rings. The largest absolute Gasteiger partial charge is 0.325 e. The molecule has 0 radical (unpaired) electrons. The number of para-hydroxylation sites is 1. The Balaban J connectivity index is 2.13. The van der Waals surface area contributed by atoms with Gasteiger partial charge in [-0.1, -0.05) is 62.4 Å². The highest BCUT2D eigenvalue weighted by Crippen LogP contribution is 2.57. The zero-order chi connectivity index (χ0) is 17.8. The van der Waals surface area contributed by atoms with E-state index in [4.69, 9.17) is 0 Å². The number of allylic oxidation sites excluding steroid dienone is 1. The van der Waals surface area contributed by atoms with Crippen LogP contribution in [0.1, 0.15) is 38.3 Å². The number of fused-ring (bicyclic) bond motifs is 3. The molecule has 2 aliphatic rings. The van der Waals surface area contributed by atoms with Crippen LogP contribution in [0.2, 0.25) is 0 Å². The number of hydrogen-bond acceptors (Lipinski definition) is 2. The van der Waals surface area contributed by atoms with Crippen molar-refractivity contribution in [3.63, 3.8) is 0 Å². The fourth-order valence-electron chi connectivity index (χ4n) is 4.36. The van der Waals surface area contributed by atoms with Crippen molar-refractivity contribution in [2.75, 3.05) is 5.32 Å². The Kier molecular flexibility index (Phi) is 3.26. The lowest BCUT2D eigenvalue weighted by Gasteiger charge is -2.46. The molecule has 0 aromatic heterocycles. The molecule has 25 heavy (non-hydrogen) atoms. The lowest BCUT2D eigenvalue weighted by molar-refractivity contribution is -0.128. The molecule has 1 heterocycles. The molecule has 1 atom stereocenters. The fraction of sp³-hybridized carbons (Fsp3) is 0.273. The van der Waals surface area contributed by atoms with Gasteiger partial charge < -0.3 is 5.32 Å². The number of Topliss-reactive ketones (excluding diaryl/α,β-unsaturated/α-hetero) is 1. The molecule has 2 aromatic carbocycles. The number of amides is 1. The number of benzene rings is 2. The Morgan fingerprint density at radius 2 is 1.52 bits per heavy atom. The third-order valence-electron chi connectivity index (χ3n) is 5.45. The van der Waals surface area contributed by atoms with Crippen LogP contribution >= 0.6 is 0 Å². The summed E-state index contributed by atoms with van der Waals surface area (Å²) in [5.41, 5.74) is 2.84. The third-order valence-corrected chi connectivity index (χ3v) is 5.45. The van der Waals surface area contributed by atoms with E-state index in [0.717, 1.165) is 22.4 Å². The molecule has 1 unspecified atom stereocenters. The van der Waals surface area contributed by atoms with Gasteiger partial charge in [0.15, 0.2) is 5.78 Å². The minimum Gasteiger partial charge on any atom is -0.325 e. The quantitative estimate of drug-likeness (QED) is 0.833. The maximum atomic E-state index is 13.4. The predicted octanol–water partition coefficient (Wildman–Crippen LogP) is 4.55. The lowest BCUT2D eigenvalue weighted by Crippen LogP contribution is -2.47. The highest BCUT2D eigenvalue weighted by atomic mass is 16.2. The second-order valence-electron chi connectivity index (χ2n) is 7.84. The van der Waals surface area contributed by atoms with E-state index in [1.807, 2.05) is 75.4 Å². The standard InChI is InChI=1S/C22H21NO2/c1-21(2)13-22(3)18(15-11-7-8-12-16(15)23-20(22)25)17(19(21)24)14-9-5-4-6-10-14/h4-12H,13H2,1-3H3,(H,23,25). The predicted molar refractivity (Wildman–Crippen MR) is 99.8 cm³/mol. The molecule has 0 saturated carbocycles. The third kappa shape index (κ3) is 2.19. The van der Waals surface area contributed by atoms with Crippen molar-refractivity contribution in [2.24, 2.45) is 10.8 Å². The van der Waals surface area contributed by atoms with Gasteiger partial charge in [-0.3, -0.25) is 9.59 Å². The minimum atomic E-state index is -0.725. The number of rotatable bonds is 1. The van der Waals surface area contributed by atoms with Crippen molar-refractivity contribution < 1.29 is 9.59 Å². The first-order valence-electron chi connectivity index (χ1n) is 8.60. The molecule has 4 rings (SSSR count). The van der Waals surface area contributed by atoms with E-state index in [1.54, 1.807) is 0 Å². The van der Waals surface area contributed by atoms with Gasteiger partial charge >= 0.3 is 0 Å². The zero-order valence-electron chi connectivity index (χ0n) is 14.7. The Labute approximate surface area is 147 Å². The van der Waals surface area contributed by atoms with E-state index >= 15 is 0 Å². The first-order chi connectivity index (χ1) is 11.8. The first-order valence-corrected chi connectivity index (χ1v) is 8.60. The van der Waals surface area contributed by atoms with Crippen LogP contribution in [0.5, 0.6) is 0 Å². The maximum Gasteiger partial charge on any atom is 0.234 e. The molecule has 126 valence electrons. The van der Waals surface area contributed by atoms with Crippen LogP contribution in [0.4, 0.5) is 5.69 Å². The SMILES string of the molecule is CC1(C)CC2(C)C(=O)Nc3ccccc3C2=C(c2ccccc2)C1=O. The fourth-order valence-corrected chi connectivity index (χ4v) is 4.36. The van der Waals surface area contributed by atoms with E-state index in [-0.39, 0.29) is 11.7 Å². The summed E-state index contributed by atoms with van der Waals surface area (Å²) in [6.45, 7) is 5.84. The topological polar surface area (TPSA) is 46.2 Å². The van der Waals surface area contributed by atoms with Crippen LogP contribution in [0.3, 0.4) is 0 Å². The molecule has 1 aliphatic carbocycles. The smallest absolute Gasteiger partial charge is 0.234 e. The van der Waals surface area contributed by atoms with Crippen LogP contribution in [0.25, 0.3) is 11.1 Å². The summed E-state index contributed by atoms with van der Waals surface area (Å²) < 4.78 is 0. The first kappa shape index (κ1) is 15.8. The Bertz CT molecular complexity index is 924. The molecule has 1 N–H and O–H groups in total. The molecule has 1 aliphatic heterocycles. The monoisotopic (exact) mass is 331 g/mol. The van der Waals surface area contributed by atoms with Crippen molar-refractivity contribution in [2.45, 2.75) is 27.2 Å². The van der Waals surface area contributed by atoms with Crippen molar-refractivity contribution in [1.82, 2.24) is 0 Å². The Morgan fingerprint density at radius 1 is 0.880 bits per heavy atom. The van der Waals surface area contributed by atoms with E-state index < -0.39 is 10.8 Å². The van der Waals surface area contributed by atoms with E-state index in [9.17, 15) is 9.59 Å². The number of hydrogen-bond donors (Lipinski definition) is 1. The van der Waals surface area contributed by atoms with Crippen LogP contribution in [0.15, 0.2) is 54.6 Å². The van der Waals surface area contributed by atoms with Crippen molar-refractivity contribution in [3.8, 4) is 0 Å². The summed E-state index contributed by atoms with van der Waals surface area (Å²) in [7, 11) is 0. The Hall–Kier alpha value is -2.68. The van der Waals surface area contributed by atoms with Gasteiger partial charge in [-0.25, -0.2) is 0 Å². The van der Waals surface area contributed by atoms with Crippen LogP contribution in [-0.4, -0.2) is 11.7 Å². The molecule has 3 nitrogen and oxygen atoms in total. The van der Waals surface area contributed by atoms with Crippen molar-refractivity contribution >= 4 is 28.5 Å². The van der Waals surface area contributed by atoms with Gasteiger partial charge in [0.05, 0.1) is 5.41 Å². The van der Waals surface area contributed by atoms with E-state index in [2.05, 4.69) is 5.32 Å². The number of nitrogens with one attached hydrogen (secondary N) is 1. The second kappa shape index (κ2) is 5.16. The summed E-state index contributed by atoms with van der Waals surface area (Å²) in [5.74, 6) is 0.0749.